The second-order valence-electron chi connectivity index (χ2n) is 7.05. The van der Waals surface area contributed by atoms with E-state index in [2.05, 4.69) is 11.2 Å². The molecule has 1 aliphatic carbocycles. The van der Waals surface area contributed by atoms with Crippen molar-refractivity contribution in [3.63, 3.8) is 0 Å². The summed E-state index contributed by atoms with van der Waals surface area (Å²) in [7, 11) is 0. The zero-order valence-corrected chi connectivity index (χ0v) is 15.3. The van der Waals surface area contributed by atoms with Crippen LogP contribution in [-0.2, 0) is 5.54 Å². The van der Waals surface area contributed by atoms with Gasteiger partial charge < -0.3 is 4.74 Å². The first-order chi connectivity index (χ1) is 11.2. The van der Waals surface area contributed by atoms with Gasteiger partial charge in [-0.1, -0.05) is 36.2 Å². The topological polar surface area (TPSA) is 44.1 Å². The van der Waals surface area contributed by atoms with Crippen LogP contribution in [0, 0.1) is 5.92 Å². The van der Waals surface area contributed by atoms with Crippen LogP contribution in [0.15, 0.2) is 34.8 Å². The summed E-state index contributed by atoms with van der Waals surface area (Å²) in [6, 6.07) is 0. The molecule has 1 heterocycles. The Bertz CT molecular complexity index is 704. The predicted molar refractivity (Wildman–Crippen MR) is 94.5 cm³/mol. The van der Waals surface area contributed by atoms with Gasteiger partial charge >= 0.3 is 0 Å². The molecule has 1 aliphatic rings. The molecule has 0 saturated heterocycles. The van der Waals surface area contributed by atoms with Crippen molar-refractivity contribution in [2.45, 2.75) is 52.2 Å². The average molecular weight is 355 g/mol. The molecule has 2 rings (SSSR count). The summed E-state index contributed by atoms with van der Waals surface area (Å²) < 4.78 is 19.5. The minimum Gasteiger partial charge on any atom is -0.482 e. The highest BCUT2D eigenvalue weighted by atomic mass is 35.5. The maximum absolute atomic E-state index is 12.4. The standard InChI is InChI=1S/C18H24ClFN2O2/c1-12-10-13(6-5-9-20)7-8-14(12)24-15-11-21-22(18(2,3)4)17(23)16(15)19/h7-8,10-12,14H,5-6,9H2,1-4H3. The number of halogens is 2. The third-order valence-corrected chi connectivity index (χ3v) is 4.23. The minimum absolute atomic E-state index is 0.0349. The molecule has 24 heavy (non-hydrogen) atoms. The SMILES string of the molecule is CC1C=C(CCCF)C=CC1Oc1cnn(C(C)(C)C)c(=O)c1Cl. The highest BCUT2D eigenvalue weighted by Crippen LogP contribution is 2.27. The van der Waals surface area contributed by atoms with Crippen molar-refractivity contribution in [2.75, 3.05) is 6.67 Å². The summed E-state index contributed by atoms with van der Waals surface area (Å²) in [6.07, 6.45) is 8.42. The van der Waals surface area contributed by atoms with Crippen LogP contribution in [-0.4, -0.2) is 22.6 Å². The highest BCUT2D eigenvalue weighted by molar-refractivity contribution is 6.31. The number of hydrogen-bond donors (Lipinski definition) is 0. The molecule has 0 bridgehead atoms. The van der Waals surface area contributed by atoms with E-state index < -0.39 is 5.54 Å². The molecule has 0 radical (unpaired) electrons. The van der Waals surface area contributed by atoms with Gasteiger partial charge in [0, 0.05) is 5.92 Å². The second-order valence-corrected chi connectivity index (χ2v) is 7.42. The first kappa shape index (κ1) is 18.7. The van der Waals surface area contributed by atoms with E-state index in [-0.39, 0.29) is 35.0 Å². The van der Waals surface area contributed by atoms with Gasteiger partial charge in [-0.15, -0.1) is 0 Å². The van der Waals surface area contributed by atoms with Gasteiger partial charge in [-0.05, 0) is 39.7 Å². The summed E-state index contributed by atoms with van der Waals surface area (Å²) in [5.74, 6) is 0.384. The normalized spacial score (nSPS) is 20.8. The molecule has 4 nitrogen and oxygen atoms in total. The molecule has 0 aliphatic heterocycles. The Morgan fingerprint density at radius 3 is 2.71 bits per heavy atom. The second kappa shape index (κ2) is 7.51. The number of alkyl halides is 1. The van der Waals surface area contributed by atoms with Crippen molar-refractivity contribution in [2.24, 2.45) is 5.92 Å². The zero-order valence-electron chi connectivity index (χ0n) is 14.6. The van der Waals surface area contributed by atoms with E-state index in [4.69, 9.17) is 16.3 Å². The Balaban J connectivity index is 2.16. The Hall–Kier alpha value is -1.62. The van der Waals surface area contributed by atoms with Gasteiger partial charge in [-0.3, -0.25) is 9.18 Å². The van der Waals surface area contributed by atoms with E-state index in [9.17, 15) is 9.18 Å². The molecule has 0 fully saturated rings. The smallest absolute Gasteiger partial charge is 0.289 e. The van der Waals surface area contributed by atoms with Crippen LogP contribution in [0.25, 0.3) is 0 Å². The van der Waals surface area contributed by atoms with E-state index in [1.807, 2.05) is 39.8 Å². The number of aromatic nitrogens is 2. The fourth-order valence-corrected chi connectivity index (χ4v) is 2.76. The molecule has 0 spiro atoms. The first-order valence-corrected chi connectivity index (χ1v) is 8.51. The first-order valence-electron chi connectivity index (χ1n) is 8.14. The van der Waals surface area contributed by atoms with Crippen molar-refractivity contribution in [3.05, 3.63) is 45.4 Å². The molecule has 0 saturated carbocycles. The molecule has 0 N–H and O–H groups in total. The highest BCUT2D eigenvalue weighted by Gasteiger charge is 2.23. The van der Waals surface area contributed by atoms with E-state index in [1.54, 1.807) is 0 Å². The van der Waals surface area contributed by atoms with Crippen LogP contribution in [0.2, 0.25) is 5.02 Å². The third kappa shape index (κ3) is 4.26. The van der Waals surface area contributed by atoms with Crippen LogP contribution < -0.4 is 10.3 Å². The van der Waals surface area contributed by atoms with Crippen molar-refractivity contribution >= 4 is 11.6 Å². The number of ether oxygens (including phenoxy) is 1. The van der Waals surface area contributed by atoms with Gasteiger partial charge in [0.15, 0.2) is 10.8 Å². The van der Waals surface area contributed by atoms with Crippen molar-refractivity contribution in [1.29, 1.82) is 0 Å². The number of nitrogens with zero attached hydrogens (tertiary/aromatic N) is 2. The molecule has 132 valence electrons. The van der Waals surface area contributed by atoms with E-state index in [0.717, 1.165) is 5.57 Å². The van der Waals surface area contributed by atoms with Crippen LogP contribution in [0.3, 0.4) is 0 Å². The predicted octanol–water partition coefficient (Wildman–Crippen LogP) is 4.28. The summed E-state index contributed by atoms with van der Waals surface area (Å²) >= 11 is 6.19. The van der Waals surface area contributed by atoms with Gasteiger partial charge in [0.25, 0.3) is 5.56 Å². The van der Waals surface area contributed by atoms with Gasteiger partial charge in [0.2, 0.25) is 0 Å². The van der Waals surface area contributed by atoms with Crippen molar-refractivity contribution in [1.82, 2.24) is 9.78 Å². The molecule has 0 amide bonds. The Labute approximate surface area is 147 Å². The minimum atomic E-state index is -0.453. The largest absolute Gasteiger partial charge is 0.482 e. The number of allylic oxidation sites excluding steroid dienone is 2. The lowest BCUT2D eigenvalue weighted by Crippen LogP contribution is -2.36. The van der Waals surface area contributed by atoms with Crippen LogP contribution in [0.4, 0.5) is 4.39 Å². The average Bonchev–Trinajstić information content (AvgIpc) is 2.50. The molecule has 1 aromatic heterocycles. The molecule has 2 atom stereocenters. The lowest BCUT2D eigenvalue weighted by Gasteiger charge is -2.25. The summed E-state index contributed by atoms with van der Waals surface area (Å²) in [6.45, 7) is 7.35. The van der Waals surface area contributed by atoms with Crippen LogP contribution in [0.5, 0.6) is 5.75 Å². The van der Waals surface area contributed by atoms with Crippen molar-refractivity contribution < 1.29 is 9.13 Å². The molecule has 2 unspecified atom stereocenters. The molecular weight excluding hydrogens is 331 g/mol. The van der Waals surface area contributed by atoms with Gasteiger partial charge in [-0.25, -0.2) is 4.68 Å². The van der Waals surface area contributed by atoms with Gasteiger partial charge in [0.1, 0.15) is 6.10 Å². The van der Waals surface area contributed by atoms with Crippen molar-refractivity contribution in [3.8, 4) is 5.75 Å². The quantitative estimate of drug-likeness (QED) is 0.792. The van der Waals surface area contributed by atoms with E-state index >= 15 is 0 Å². The Kier molecular flexibility index (Phi) is 5.86. The van der Waals surface area contributed by atoms with Crippen LogP contribution >= 0.6 is 11.6 Å². The van der Waals surface area contributed by atoms with Crippen LogP contribution in [0.1, 0.15) is 40.5 Å². The van der Waals surface area contributed by atoms with E-state index in [0.29, 0.717) is 12.8 Å². The zero-order chi connectivity index (χ0) is 17.9. The van der Waals surface area contributed by atoms with Gasteiger partial charge in [-0.2, -0.15) is 5.10 Å². The monoisotopic (exact) mass is 354 g/mol. The number of hydrogen-bond acceptors (Lipinski definition) is 3. The Morgan fingerprint density at radius 2 is 2.12 bits per heavy atom. The van der Waals surface area contributed by atoms with Gasteiger partial charge in [0.05, 0.1) is 18.4 Å². The lowest BCUT2D eigenvalue weighted by atomic mass is 9.93. The summed E-state index contributed by atoms with van der Waals surface area (Å²) in [5.41, 5.74) is 0.284. The molecule has 0 aromatic carbocycles. The fourth-order valence-electron chi connectivity index (χ4n) is 2.59. The van der Waals surface area contributed by atoms with E-state index in [1.165, 1.54) is 10.9 Å². The molecule has 1 aromatic rings. The maximum Gasteiger partial charge on any atom is 0.289 e. The summed E-state index contributed by atoms with van der Waals surface area (Å²) in [5, 5.41) is 4.20. The Morgan fingerprint density at radius 1 is 1.42 bits per heavy atom. The molecule has 6 heteroatoms. The third-order valence-electron chi connectivity index (χ3n) is 3.88. The molecular formula is C18H24ClFN2O2. The lowest BCUT2D eigenvalue weighted by molar-refractivity contribution is 0.205. The number of rotatable bonds is 5. The maximum atomic E-state index is 12.4. The summed E-state index contributed by atoms with van der Waals surface area (Å²) in [4.78, 5) is 12.4. The fraction of sp³-hybridized carbons (Fsp3) is 0.556.